The predicted octanol–water partition coefficient (Wildman–Crippen LogP) is 8.88. The van der Waals surface area contributed by atoms with Gasteiger partial charge in [-0.2, -0.15) is 0 Å². The molecule has 0 aromatic carbocycles. The summed E-state index contributed by atoms with van der Waals surface area (Å²) in [6.45, 7) is 28.4. The Morgan fingerprint density at radius 3 is 2.10 bits per heavy atom. The van der Waals surface area contributed by atoms with E-state index >= 15 is 0 Å². The van der Waals surface area contributed by atoms with Gasteiger partial charge in [-0.15, -0.1) is 0 Å². The average Bonchev–Trinajstić information content (AvgIpc) is 3.35. The molecule has 0 aliphatic rings. The number of imidazole rings is 2. The Morgan fingerprint density at radius 2 is 1.57 bits per heavy atom. The Bertz CT molecular complexity index is 1060. The van der Waals surface area contributed by atoms with Gasteiger partial charge in [0.25, 0.3) is 0 Å². The highest BCUT2D eigenvalue weighted by Gasteiger charge is 2.25. The highest BCUT2D eigenvalue weighted by Crippen LogP contribution is 2.30. The summed E-state index contributed by atoms with van der Waals surface area (Å²) >= 11 is 0. The zero-order chi connectivity index (χ0) is 30.9. The summed E-state index contributed by atoms with van der Waals surface area (Å²) in [7, 11) is 0. The molecule has 40 heavy (non-hydrogen) atoms. The summed E-state index contributed by atoms with van der Waals surface area (Å²) < 4.78 is 4.44. The van der Waals surface area contributed by atoms with Crippen molar-refractivity contribution in [3.8, 4) is 11.4 Å². The number of aliphatic hydroxyl groups excluding tert-OH is 1. The molecule has 228 valence electrons. The first-order valence-corrected chi connectivity index (χ1v) is 15.5. The van der Waals surface area contributed by atoms with Crippen molar-refractivity contribution in [3.05, 3.63) is 59.0 Å². The zero-order valence-corrected chi connectivity index (χ0v) is 28.1. The first-order chi connectivity index (χ1) is 19.0. The molecule has 0 radical (unpaired) electrons. The van der Waals surface area contributed by atoms with Crippen LogP contribution in [0.1, 0.15) is 118 Å². The highest BCUT2D eigenvalue weighted by molar-refractivity contribution is 5.63. The van der Waals surface area contributed by atoms with Crippen molar-refractivity contribution in [2.45, 2.75) is 134 Å². The van der Waals surface area contributed by atoms with Gasteiger partial charge in [-0.25, -0.2) is 14.6 Å². The monoisotopic (exact) mass is 555 g/mol. The number of aryl methyl sites for hydroxylation is 4. The molecule has 0 aliphatic heterocycles. The van der Waals surface area contributed by atoms with Crippen LogP contribution in [0.4, 0.5) is 0 Å². The van der Waals surface area contributed by atoms with E-state index in [1.165, 1.54) is 12.0 Å². The van der Waals surface area contributed by atoms with Crippen LogP contribution < -0.4 is 5.43 Å². The lowest BCUT2D eigenvalue weighted by molar-refractivity contribution is 0.249. The first kappa shape index (κ1) is 37.4. The maximum absolute atomic E-state index is 9.40. The van der Waals surface area contributed by atoms with Gasteiger partial charge in [0.05, 0.1) is 22.6 Å². The normalized spacial score (nSPS) is 12.8. The summed E-state index contributed by atoms with van der Waals surface area (Å²) in [6, 6.07) is 0. The molecule has 2 heterocycles. The molecule has 0 amide bonds. The highest BCUT2D eigenvalue weighted by atomic mass is 16.3. The number of nitrogens with one attached hydrogen (secondary N) is 1. The van der Waals surface area contributed by atoms with Gasteiger partial charge >= 0.3 is 0 Å². The molecule has 0 saturated carbocycles. The van der Waals surface area contributed by atoms with Crippen LogP contribution in [0.25, 0.3) is 11.4 Å². The minimum absolute atomic E-state index is 0.185. The van der Waals surface area contributed by atoms with Crippen molar-refractivity contribution in [2.24, 2.45) is 5.92 Å². The van der Waals surface area contributed by atoms with Crippen molar-refractivity contribution < 1.29 is 5.11 Å². The third kappa shape index (κ3) is 11.5. The molecule has 0 spiro atoms. The zero-order valence-electron chi connectivity index (χ0n) is 28.1. The molecule has 0 bridgehead atoms. The van der Waals surface area contributed by atoms with Crippen LogP contribution in [0.3, 0.4) is 0 Å². The lowest BCUT2D eigenvalue weighted by atomic mass is 10.0. The first-order valence-electron chi connectivity index (χ1n) is 15.5. The molecule has 0 aliphatic carbocycles. The summed E-state index contributed by atoms with van der Waals surface area (Å²) in [4.78, 5) is 9.76. The second-order valence-electron chi connectivity index (χ2n) is 10.8. The second kappa shape index (κ2) is 19.5. The van der Waals surface area contributed by atoms with Crippen LogP contribution >= 0.6 is 0 Å². The Hall–Kier alpha value is -2.60. The molecular formula is C34H61N5O. The van der Waals surface area contributed by atoms with Crippen LogP contribution in [0, 0.1) is 26.7 Å². The Balaban J connectivity index is 0.00000284. The van der Waals surface area contributed by atoms with Crippen LogP contribution in [0.2, 0.25) is 0 Å². The number of aliphatic hydroxyl groups is 1. The average molecular weight is 556 g/mol. The Morgan fingerprint density at radius 1 is 0.975 bits per heavy atom. The molecule has 1 unspecified atom stereocenters. The van der Waals surface area contributed by atoms with Gasteiger partial charge in [0.1, 0.15) is 17.3 Å². The quantitative estimate of drug-likeness (QED) is 0.191. The van der Waals surface area contributed by atoms with E-state index in [0.29, 0.717) is 0 Å². The number of rotatable bonds is 13. The summed E-state index contributed by atoms with van der Waals surface area (Å²) in [5.74, 6) is 2.21. The van der Waals surface area contributed by atoms with E-state index in [2.05, 4.69) is 115 Å². The van der Waals surface area contributed by atoms with Crippen molar-refractivity contribution in [2.75, 3.05) is 12.0 Å². The SMILES string of the molecule is CC.CCC.CCC/C(C)=C/C(C)(C)Nn1c(C)nc(C)c1-c1c(C)nc(CC)n1CC=C/C=C/C(CC)CO. The van der Waals surface area contributed by atoms with Crippen molar-refractivity contribution in [3.63, 3.8) is 0 Å². The minimum Gasteiger partial charge on any atom is -0.396 e. The lowest BCUT2D eigenvalue weighted by Crippen LogP contribution is -2.37. The van der Waals surface area contributed by atoms with Crippen molar-refractivity contribution in [1.82, 2.24) is 19.2 Å². The van der Waals surface area contributed by atoms with Crippen LogP contribution in [0.5, 0.6) is 0 Å². The van der Waals surface area contributed by atoms with E-state index in [9.17, 15) is 5.11 Å². The Labute approximate surface area is 246 Å². The molecule has 6 heteroatoms. The van der Waals surface area contributed by atoms with Crippen LogP contribution in [0.15, 0.2) is 36.0 Å². The van der Waals surface area contributed by atoms with Gasteiger partial charge in [0.2, 0.25) is 0 Å². The number of aromatic nitrogens is 4. The van der Waals surface area contributed by atoms with Gasteiger partial charge < -0.3 is 15.1 Å². The van der Waals surface area contributed by atoms with Crippen molar-refractivity contribution in [1.29, 1.82) is 0 Å². The van der Waals surface area contributed by atoms with Crippen LogP contribution in [-0.4, -0.2) is 36.5 Å². The largest absolute Gasteiger partial charge is 0.396 e. The summed E-state index contributed by atoms with van der Waals surface area (Å²) in [5, 5.41) is 9.40. The van der Waals surface area contributed by atoms with E-state index in [1.807, 2.05) is 19.9 Å². The second-order valence-corrected chi connectivity index (χ2v) is 10.8. The summed E-state index contributed by atoms with van der Waals surface area (Å²) in [6.07, 6.45) is 15.9. The molecular weight excluding hydrogens is 494 g/mol. The van der Waals surface area contributed by atoms with Crippen molar-refractivity contribution >= 4 is 0 Å². The van der Waals surface area contributed by atoms with E-state index in [4.69, 9.17) is 9.97 Å². The molecule has 2 aromatic heterocycles. The fourth-order valence-corrected chi connectivity index (χ4v) is 4.68. The van der Waals surface area contributed by atoms with Gasteiger partial charge in [-0.05, 0) is 60.3 Å². The number of hydrogen-bond donors (Lipinski definition) is 2. The molecule has 2 aromatic rings. The third-order valence-corrected chi connectivity index (χ3v) is 6.31. The van der Waals surface area contributed by atoms with E-state index in [0.717, 1.165) is 66.7 Å². The molecule has 6 nitrogen and oxygen atoms in total. The Kier molecular flexibility index (Phi) is 18.2. The molecule has 1 atom stereocenters. The lowest BCUT2D eigenvalue weighted by Gasteiger charge is -2.28. The predicted molar refractivity (Wildman–Crippen MR) is 176 cm³/mol. The van der Waals surface area contributed by atoms with Gasteiger partial charge in [0.15, 0.2) is 0 Å². The number of allylic oxidation sites excluding steroid dienone is 4. The fourth-order valence-electron chi connectivity index (χ4n) is 4.68. The van der Waals surface area contributed by atoms with E-state index < -0.39 is 0 Å². The third-order valence-electron chi connectivity index (χ3n) is 6.31. The molecule has 2 rings (SSSR count). The maximum atomic E-state index is 9.40. The van der Waals surface area contributed by atoms with Crippen LogP contribution in [-0.2, 0) is 13.0 Å². The fraction of sp³-hybridized carbons (Fsp3) is 0.647. The molecule has 0 saturated heterocycles. The topological polar surface area (TPSA) is 67.9 Å². The number of hydrogen-bond acceptors (Lipinski definition) is 4. The molecule has 2 N–H and O–H groups in total. The molecule has 0 fully saturated rings. The summed E-state index contributed by atoms with van der Waals surface area (Å²) in [5.41, 5.74) is 9.06. The number of nitrogens with zero attached hydrogens (tertiary/aromatic N) is 4. The van der Waals surface area contributed by atoms with Gasteiger partial charge in [0, 0.05) is 19.6 Å². The van der Waals surface area contributed by atoms with E-state index in [1.54, 1.807) is 0 Å². The maximum Gasteiger partial charge on any atom is 0.125 e. The van der Waals surface area contributed by atoms with Gasteiger partial charge in [-0.3, -0.25) is 0 Å². The minimum atomic E-state index is -0.231. The van der Waals surface area contributed by atoms with E-state index in [-0.39, 0.29) is 18.1 Å². The standard InChI is InChI=1S/C29H47N5O.C3H8.C2H6/c1-10-16-21(4)19-29(8,9)32-34-24(7)30-23(6)28(34)27-22(5)31-26(12-3)33(27)18-15-13-14-17-25(11-2)20-35;1-3-2;1-2/h13-15,17,19,25,32,35H,10-12,16,18,20H2,1-9H3;3H2,1-2H3;1-2H3/b15-13?,17-14+,21-19+;;. The smallest absolute Gasteiger partial charge is 0.125 e. The van der Waals surface area contributed by atoms with Gasteiger partial charge in [-0.1, -0.05) is 97.3 Å².